The number of halogens is 2. The third kappa shape index (κ3) is 4.95. The summed E-state index contributed by atoms with van der Waals surface area (Å²) in [5.74, 6) is -0.629. The summed E-state index contributed by atoms with van der Waals surface area (Å²) in [4.78, 5) is 23.1. The molecule has 0 radical (unpaired) electrons. The van der Waals surface area contributed by atoms with Gasteiger partial charge in [-0.3, -0.25) is 4.79 Å². The Morgan fingerprint density at radius 3 is 2.73 bits per heavy atom. The molecule has 0 aliphatic heterocycles. The number of esters is 1. The van der Waals surface area contributed by atoms with Crippen molar-refractivity contribution in [2.45, 2.75) is 0 Å². The summed E-state index contributed by atoms with van der Waals surface area (Å²) >= 11 is 11.6. The SMILES string of the molecule is O=C(COC(=O)C=Cc1ccco1)Nc1ccc(Cl)c(Cl)c1. The van der Waals surface area contributed by atoms with Crippen molar-refractivity contribution in [2.75, 3.05) is 11.9 Å². The van der Waals surface area contributed by atoms with Gasteiger partial charge in [0.1, 0.15) is 5.76 Å². The van der Waals surface area contributed by atoms with Gasteiger partial charge in [-0.15, -0.1) is 0 Å². The topological polar surface area (TPSA) is 68.5 Å². The molecular weight excluding hydrogens is 329 g/mol. The highest BCUT2D eigenvalue weighted by Crippen LogP contribution is 2.24. The molecule has 0 aliphatic carbocycles. The van der Waals surface area contributed by atoms with Crippen molar-refractivity contribution in [3.05, 3.63) is 58.5 Å². The van der Waals surface area contributed by atoms with Gasteiger partial charge in [-0.05, 0) is 36.4 Å². The first-order valence-electron chi connectivity index (χ1n) is 6.18. The van der Waals surface area contributed by atoms with E-state index >= 15 is 0 Å². The van der Waals surface area contributed by atoms with Crippen molar-refractivity contribution in [1.29, 1.82) is 0 Å². The fourth-order valence-corrected chi connectivity index (χ4v) is 1.79. The second kappa shape index (κ2) is 7.68. The second-order valence-electron chi connectivity index (χ2n) is 4.13. The van der Waals surface area contributed by atoms with E-state index in [1.165, 1.54) is 24.5 Å². The summed E-state index contributed by atoms with van der Waals surface area (Å²) in [6, 6.07) is 8.01. The van der Waals surface area contributed by atoms with Gasteiger partial charge < -0.3 is 14.5 Å². The highest BCUT2D eigenvalue weighted by Gasteiger charge is 2.07. The maximum absolute atomic E-state index is 11.6. The maximum atomic E-state index is 11.6. The number of hydrogen-bond donors (Lipinski definition) is 1. The first-order chi connectivity index (χ1) is 10.5. The predicted octanol–water partition coefficient (Wildman–Crippen LogP) is 3.78. The molecular formula is C15H11Cl2NO4. The zero-order valence-electron chi connectivity index (χ0n) is 11.2. The first-order valence-corrected chi connectivity index (χ1v) is 6.93. The van der Waals surface area contributed by atoms with E-state index in [0.717, 1.165) is 0 Å². The van der Waals surface area contributed by atoms with Gasteiger partial charge >= 0.3 is 5.97 Å². The van der Waals surface area contributed by atoms with Gasteiger partial charge in [-0.25, -0.2) is 4.79 Å². The van der Waals surface area contributed by atoms with E-state index in [1.54, 1.807) is 24.3 Å². The minimum absolute atomic E-state index is 0.317. The molecule has 0 atom stereocenters. The number of carbonyl (C=O) groups excluding carboxylic acids is 2. The zero-order valence-corrected chi connectivity index (χ0v) is 12.7. The van der Waals surface area contributed by atoms with Gasteiger partial charge in [0.05, 0.1) is 16.3 Å². The molecule has 1 aromatic carbocycles. The van der Waals surface area contributed by atoms with Crippen LogP contribution in [-0.2, 0) is 14.3 Å². The lowest BCUT2D eigenvalue weighted by molar-refractivity contribution is -0.142. The second-order valence-corrected chi connectivity index (χ2v) is 4.95. The van der Waals surface area contributed by atoms with Crippen molar-refractivity contribution in [3.8, 4) is 0 Å². The Labute approximate surface area is 136 Å². The van der Waals surface area contributed by atoms with Gasteiger partial charge in [-0.2, -0.15) is 0 Å². The monoisotopic (exact) mass is 339 g/mol. The summed E-state index contributed by atoms with van der Waals surface area (Å²) in [5, 5.41) is 3.23. The number of furan rings is 1. The fourth-order valence-electron chi connectivity index (χ4n) is 1.49. The zero-order chi connectivity index (χ0) is 15.9. The quantitative estimate of drug-likeness (QED) is 0.664. The van der Waals surface area contributed by atoms with E-state index in [-0.39, 0.29) is 0 Å². The summed E-state index contributed by atoms with van der Waals surface area (Å²) in [6.45, 7) is -0.415. The number of amides is 1. The molecule has 1 heterocycles. The Bertz CT molecular complexity index is 696. The van der Waals surface area contributed by atoms with Crippen molar-refractivity contribution in [2.24, 2.45) is 0 Å². The van der Waals surface area contributed by atoms with Crippen LogP contribution in [0.5, 0.6) is 0 Å². The number of ether oxygens (including phenoxy) is 1. The molecule has 0 unspecified atom stereocenters. The number of anilines is 1. The maximum Gasteiger partial charge on any atom is 0.331 e. The van der Waals surface area contributed by atoms with Crippen LogP contribution >= 0.6 is 23.2 Å². The summed E-state index contributed by atoms with van der Waals surface area (Å²) in [6.07, 6.45) is 4.10. The van der Waals surface area contributed by atoms with Crippen LogP contribution in [0.3, 0.4) is 0 Å². The Morgan fingerprint density at radius 2 is 2.05 bits per heavy atom. The van der Waals surface area contributed by atoms with Crippen molar-refractivity contribution < 1.29 is 18.7 Å². The minimum Gasteiger partial charge on any atom is -0.465 e. The Hall–Kier alpha value is -2.24. The molecule has 2 rings (SSSR count). The molecule has 114 valence electrons. The van der Waals surface area contributed by atoms with E-state index < -0.39 is 18.5 Å². The summed E-state index contributed by atoms with van der Waals surface area (Å²) in [5.41, 5.74) is 0.460. The highest BCUT2D eigenvalue weighted by atomic mass is 35.5. The molecule has 1 amide bonds. The molecule has 0 spiro atoms. The lowest BCUT2D eigenvalue weighted by Crippen LogP contribution is -2.20. The lowest BCUT2D eigenvalue weighted by atomic mass is 10.3. The van der Waals surface area contributed by atoms with Crippen LogP contribution in [0, 0.1) is 0 Å². The van der Waals surface area contributed by atoms with E-state index in [1.807, 2.05) is 0 Å². The molecule has 0 saturated heterocycles. The van der Waals surface area contributed by atoms with Crippen LogP contribution in [0.4, 0.5) is 5.69 Å². The average molecular weight is 340 g/mol. The molecule has 0 fully saturated rings. The van der Waals surface area contributed by atoms with Gasteiger partial charge in [0.15, 0.2) is 6.61 Å². The molecule has 0 bridgehead atoms. The molecule has 5 nitrogen and oxygen atoms in total. The van der Waals surface area contributed by atoms with Crippen molar-refractivity contribution in [1.82, 2.24) is 0 Å². The molecule has 2 aromatic rings. The van der Waals surface area contributed by atoms with E-state index in [9.17, 15) is 9.59 Å². The summed E-state index contributed by atoms with van der Waals surface area (Å²) in [7, 11) is 0. The smallest absolute Gasteiger partial charge is 0.331 e. The van der Waals surface area contributed by atoms with E-state index in [4.69, 9.17) is 32.4 Å². The third-order valence-electron chi connectivity index (χ3n) is 2.48. The largest absolute Gasteiger partial charge is 0.465 e. The number of hydrogen-bond acceptors (Lipinski definition) is 4. The van der Waals surface area contributed by atoms with Crippen LogP contribution in [0.1, 0.15) is 5.76 Å². The van der Waals surface area contributed by atoms with Crippen LogP contribution in [0.15, 0.2) is 47.1 Å². The van der Waals surface area contributed by atoms with Crippen molar-refractivity contribution in [3.63, 3.8) is 0 Å². The average Bonchev–Trinajstić information content (AvgIpc) is 3.00. The summed E-state index contributed by atoms with van der Waals surface area (Å²) < 4.78 is 9.80. The number of carbonyl (C=O) groups is 2. The van der Waals surface area contributed by atoms with Crippen LogP contribution in [0.25, 0.3) is 6.08 Å². The van der Waals surface area contributed by atoms with Crippen LogP contribution < -0.4 is 5.32 Å². The van der Waals surface area contributed by atoms with E-state index in [2.05, 4.69) is 5.32 Å². The van der Waals surface area contributed by atoms with Crippen molar-refractivity contribution >= 4 is 46.8 Å². The van der Waals surface area contributed by atoms with Gasteiger partial charge in [0.25, 0.3) is 5.91 Å². The third-order valence-corrected chi connectivity index (χ3v) is 3.21. The Kier molecular flexibility index (Phi) is 5.63. The molecule has 1 aromatic heterocycles. The molecule has 7 heteroatoms. The normalized spacial score (nSPS) is 10.6. The molecule has 22 heavy (non-hydrogen) atoms. The van der Waals surface area contributed by atoms with Crippen LogP contribution in [0.2, 0.25) is 10.0 Å². The Morgan fingerprint density at radius 1 is 1.23 bits per heavy atom. The minimum atomic E-state index is -0.652. The lowest BCUT2D eigenvalue weighted by Gasteiger charge is -2.06. The number of rotatable bonds is 5. The molecule has 0 aliphatic rings. The molecule has 1 N–H and O–H groups in total. The number of nitrogens with one attached hydrogen (secondary N) is 1. The fraction of sp³-hybridized carbons (Fsp3) is 0.0667. The highest BCUT2D eigenvalue weighted by molar-refractivity contribution is 6.42. The Balaban J connectivity index is 1.79. The van der Waals surface area contributed by atoms with Gasteiger partial charge in [-0.1, -0.05) is 23.2 Å². The van der Waals surface area contributed by atoms with E-state index in [0.29, 0.717) is 21.5 Å². The standard InChI is InChI=1S/C15H11Cl2NO4/c16-12-5-3-10(8-13(12)17)18-14(19)9-22-15(20)6-4-11-2-1-7-21-11/h1-8H,9H2,(H,18,19). The predicted molar refractivity (Wildman–Crippen MR) is 83.8 cm³/mol. The van der Waals surface area contributed by atoms with Gasteiger partial charge in [0.2, 0.25) is 0 Å². The van der Waals surface area contributed by atoms with Crippen LogP contribution in [-0.4, -0.2) is 18.5 Å². The first kappa shape index (κ1) is 16.1. The molecule has 0 saturated carbocycles. The number of benzene rings is 1. The van der Waals surface area contributed by atoms with Gasteiger partial charge in [0, 0.05) is 11.8 Å².